The maximum atomic E-state index is 5.48. The van der Waals surface area contributed by atoms with E-state index >= 15 is 0 Å². The zero-order chi connectivity index (χ0) is 10.5. The molecule has 1 saturated heterocycles. The van der Waals surface area contributed by atoms with Crippen LogP contribution in [0.1, 0.15) is 18.7 Å². The van der Waals surface area contributed by atoms with E-state index < -0.39 is 0 Å². The Hall–Kier alpha value is -1.20. The molecule has 5 heteroatoms. The van der Waals surface area contributed by atoms with Gasteiger partial charge < -0.3 is 15.8 Å². The van der Waals surface area contributed by atoms with Crippen molar-refractivity contribution in [3.63, 3.8) is 0 Å². The molecular weight excluding hydrogens is 192 g/mol. The smallest absolute Gasteiger partial charge is 0.144 e. The standard InChI is InChI=1S/C10H16N4O/c11-7-10-12-4-1-9(14-10)13-8-2-5-15-6-3-8/h1,4,8H,2-3,5-7,11H2,(H,12,13,14). The number of hydrogen-bond acceptors (Lipinski definition) is 5. The lowest BCUT2D eigenvalue weighted by molar-refractivity contribution is 0.0904. The molecule has 1 aromatic rings. The molecule has 82 valence electrons. The number of nitrogens with zero attached hydrogens (tertiary/aromatic N) is 2. The molecule has 3 N–H and O–H groups in total. The minimum absolute atomic E-state index is 0.378. The van der Waals surface area contributed by atoms with Gasteiger partial charge in [0.05, 0.1) is 6.54 Å². The van der Waals surface area contributed by atoms with Gasteiger partial charge in [-0.25, -0.2) is 9.97 Å². The van der Waals surface area contributed by atoms with Gasteiger partial charge in [0, 0.05) is 25.5 Å². The Morgan fingerprint density at radius 2 is 2.27 bits per heavy atom. The lowest BCUT2D eigenvalue weighted by atomic mass is 10.1. The molecule has 0 amide bonds. The molecule has 2 heterocycles. The van der Waals surface area contributed by atoms with Crippen LogP contribution >= 0.6 is 0 Å². The first-order chi connectivity index (χ1) is 7.38. The average molecular weight is 208 g/mol. The highest BCUT2D eigenvalue weighted by molar-refractivity contribution is 5.34. The number of hydrogen-bond donors (Lipinski definition) is 2. The third-order valence-electron chi connectivity index (χ3n) is 2.46. The van der Waals surface area contributed by atoms with Crippen molar-refractivity contribution in [3.05, 3.63) is 18.1 Å². The molecule has 1 aromatic heterocycles. The second kappa shape index (κ2) is 5.04. The Kier molecular flexibility index (Phi) is 3.47. The third-order valence-corrected chi connectivity index (χ3v) is 2.46. The molecule has 0 saturated carbocycles. The molecule has 1 aliphatic rings. The first-order valence-electron chi connectivity index (χ1n) is 5.25. The molecule has 0 atom stereocenters. The van der Waals surface area contributed by atoms with E-state index in [2.05, 4.69) is 15.3 Å². The van der Waals surface area contributed by atoms with E-state index in [1.807, 2.05) is 6.07 Å². The molecule has 1 fully saturated rings. The Bertz CT molecular complexity index is 312. The molecule has 1 aliphatic heterocycles. The first kappa shape index (κ1) is 10.3. The second-order valence-electron chi connectivity index (χ2n) is 3.59. The van der Waals surface area contributed by atoms with Crippen LogP contribution in [0.5, 0.6) is 0 Å². The summed E-state index contributed by atoms with van der Waals surface area (Å²) in [5.41, 5.74) is 5.48. The number of anilines is 1. The number of rotatable bonds is 3. The van der Waals surface area contributed by atoms with Gasteiger partial charge in [-0.05, 0) is 18.9 Å². The van der Waals surface area contributed by atoms with Crippen LogP contribution in [0.4, 0.5) is 5.82 Å². The van der Waals surface area contributed by atoms with Gasteiger partial charge in [0.2, 0.25) is 0 Å². The first-order valence-corrected chi connectivity index (χ1v) is 5.25. The zero-order valence-electron chi connectivity index (χ0n) is 8.65. The van der Waals surface area contributed by atoms with Crippen molar-refractivity contribution in [2.75, 3.05) is 18.5 Å². The molecule has 2 rings (SSSR count). The quantitative estimate of drug-likeness (QED) is 0.758. The van der Waals surface area contributed by atoms with Crippen molar-refractivity contribution in [3.8, 4) is 0 Å². The summed E-state index contributed by atoms with van der Waals surface area (Å²) < 4.78 is 5.29. The predicted octanol–water partition coefficient (Wildman–Crippen LogP) is 0.526. The Morgan fingerprint density at radius 1 is 1.47 bits per heavy atom. The molecule has 0 aromatic carbocycles. The number of nitrogens with one attached hydrogen (secondary N) is 1. The fraction of sp³-hybridized carbons (Fsp3) is 0.600. The minimum atomic E-state index is 0.378. The van der Waals surface area contributed by atoms with E-state index in [0.29, 0.717) is 18.4 Å². The molecule has 5 nitrogen and oxygen atoms in total. The molecule has 0 unspecified atom stereocenters. The van der Waals surface area contributed by atoms with Crippen molar-refractivity contribution in [2.24, 2.45) is 5.73 Å². The Morgan fingerprint density at radius 3 is 3.00 bits per heavy atom. The SMILES string of the molecule is NCc1nccc(NC2CCOCC2)n1. The van der Waals surface area contributed by atoms with Crippen LogP contribution in [0, 0.1) is 0 Å². The summed E-state index contributed by atoms with van der Waals surface area (Å²) in [5, 5.41) is 3.37. The van der Waals surface area contributed by atoms with Crippen molar-refractivity contribution >= 4 is 5.82 Å². The van der Waals surface area contributed by atoms with Gasteiger partial charge in [-0.15, -0.1) is 0 Å². The van der Waals surface area contributed by atoms with Gasteiger partial charge in [-0.3, -0.25) is 0 Å². The minimum Gasteiger partial charge on any atom is -0.381 e. The van der Waals surface area contributed by atoms with Crippen LogP contribution in [-0.2, 0) is 11.3 Å². The summed E-state index contributed by atoms with van der Waals surface area (Å²) in [4.78, 5) is 8.35. The van der Waals surface area contributed by atoms with E-state index in [-0.39, 0.29) is 0 Å². The van der Waals surface area contributed by atoms with Crippen molar-refractivity contribution in [1.29, 1.82) is 0 Å². The van der Waals surface area contributed by atoms with Crippen molar-refractivity contribution in [1.82, 2.24) is 9.97 Å². The van der Waals surface area contributed by atoms with Gasteiger partial charge in [0.1, 0.15) is 11.6 Å². The van der Waals surface area contributed by atoms with Crippen LogP contribution in [0.25, 0.3) is 0 Å². The highest BCUT2D eigenvalue weighted by Crippen LogP contribution is 2.12. The largest absolute Gasteiger partial charge is 0.381 e. The van der Waals surface area contributed by atoms with E-state index in [4.69, 9.17) is 10.5 Å². The molecule has 0 bridgehead atoms. The van der Waals surface area contributed by atoms with Gasteiger partial charge in [0.15, 0.2) is 0 Å². The number of nitrogens with two attached hydrogens (primary N) is 1. The van der Waals surface area contributed by atoms with E-state index in [9.17, 15) is 0 Å². The van der Waals surface area contributed by atoms with Crippen LogP contribution in [-0.4, -0.2) is 29.2 Å². The van der Waals surface area contributed by atoms with E-state index in [1.54, 1.807) is 6.20 Å². The Balaban J connectivity index is 1.96. The van der Waals surface area contributed by atoms with Gasteiger partial charge in [0.25, 0.3) is 0 Å². The topological polar surface area (TPSA) is 73.1 Å². The summed E-state index contributed by atoms with van der Waals surface area (Å²) in [7, 11) is 0. The highest BCUT2D eigenvalue weighted by Gasteiger charge is 2.13. The fourth-order valence-electron chi connectivity index (χ4n) is 1.63. The molecule has 0 aliphatic carbocycles. The van der Waals surface area contributed by atoms with Crippen LogP contribution in [0.15, 0.2) is 12.3 Å². The monoisotopic (exact) mass is 208 g/mol. The highest BCUT2D eigenvalue weighted by atomic mass is 16.5. The zero-order valence-corrected chi connectivity index (χ0v) is 8.65. The van der Waals surface area contributed by atoms with Crippen molar-refractivity contribution in [2.45, 2.75) is 25.4 Å². The van der Waals surface area contributed by atoms with Crippen LogP contribution in [0.2, 0.25) is 0 Å². The van der Waals surface area contributed by atoms with Crippen molar-refractivity contribution < 1.29 is 4.74 Å². The molecule has 0 spiro atoms. The lowest BCUT2D eigenvalue weighted by Gasteiger charge is -2.23. The summed E-state index contributed by atoms with van der Waals surface area (Å²) in [6.07, 6.45) is 3.79. The molecular formula is C10H16N4O. The number of ether oxygens (including phenoxy) is 1. The van der Waals surface area contributed by atoms with E-state index in [0.717, 1.165) is 31.9 Å². The average Bonchev–Trinajstić information content (AvgIpc) is 2.31. The summed E-state index contributed by atoms with van der Waals surface area (Å²) >= 11 is 0. The maximum Gasteiger partial charge on any atom is 0.144 e. The normalized spacial score (nSPS) is 17.7. The predicted molar refractivity (Wildman–Crippen MR) is 57.4 cm³/mol. The molecule has 0 radical (unpaired) electrons. The third kappa shape index (κ3) is 2.87. The van der Waals surface area contributed by atoms with E-state index in [1.165, 1.54) is 0 Å². The van der Waals surface area contributed by atoms with Crippen LogP contribution in [0.3, 0.4) is 0 Å². The second-order valence-corrected chi connectivity index (χ2v) is 3.59. The summed E-state index contributed by atoms with van der Waals surface area (Å²) in [6.45, 7) is 2.03. The maximum absolute atomic E-state index is 5.48. The lowest BCUT2D eigenvalue weighted by Crippen LogP contribution is -2.28. The van der Waals surface area contributed by atoms with Gasteiger partial charge >= 0.3 is 0 Å². The molecule has 15 heavy (non-hydrogen) atoms. The summed E-state index contributed by atoms with van der Waals surface area (Å²) in [5.74, 6) is 1.53. The van der Waals surface area contributed by atoms with Crippen LogP contribution < -0.4 is 11.1 Å². The number of aromatic nitrogens is 2. The van der Waals surface area contributed by atoms with Gasteiger partial charge in [-0.1, -0.05) is 0 Å². The summed E-state index contributed by atoms with van der Waals surface area (Å²) in [6, 6.07) is 2.33. The van der Waals surface area contributed by atoms with Gasteiger partial charge in [-0.2, -0.15) is 0 Å². The Labute approximate surface area is 89.1 Å². The fourth-order valence-corrected chi connectivity index (χ4v) is 1.63.